The molecular weight excluding hydrogens is 238 g/mol. The summed E-state index contributed by atoms with van der Waals surface area (Å²) in [6, 6.07) is 0. The molecule has 0 bridgehead atoms. The first-order valence-corrected chi connectivity index (χ1v) is 6.32. The van der Waals surface area contributed by atoms with Gasteiger partial charge in [-0.3, -0.25) is 0 Å². The number of hydrogen-bond acceptors (Lipinski definition) is 6. The molecule has 1 atom stereocenters. The van der Waals surface area contributed by atoms with E-state index < -0.39 is 5.97 Å². The van der Waals surface area contributed by atoms with E-state index >= 15 is 0 Å². The van der Waals surface area contributed by atoms with Crippen molar-refractivity contribution >= 4 is 28.3 Å². The summed E-state index contributed by atoms with van der Waals surface area (Å²) in [5.74, 6) is 0.857. The van der Waals surface area contributed by atoms with Crippen molar-refractivity contribution in [3.63, 3.8) is 0 Å². The van der Waals surface area contributed by atoms with E-state index in [9.17, 15) is 4.79 Å². The van der Waals surface area contributed by atoms with E-state index in [4.69, 9.17) is 5.73 Å². The number of hydrogen-bond donors (Lipinski definition) is 2. The van der Waals surface area contributed by atoms with Gasteiger partial charge in [-0.2, -0.15) is 4.37 Å². The SMILES string of the molecule is COC(=O)c1c(N)nsc1NCC(C)C(C)C. The van der Waals surface area contributed by atoms with Crippen molar-refractivity contribution in [2.75, 3.05) is 24.7 Å². The van der Waals surface area contributed by atoms with Crippen molar-refractivity contribution in [1.29, 1.82) is 0 Å². The standard InChI is InChI=1S/C11H19N3O2S/c1-6(2)7(3)5-13-10-8(11(15)16-4)9(12)14-17-10/h6-7,13H,5H2,1-4H3,(H2,12,14). The predicted molar refractivity (Wildman–Crippen MR) is 70.4 cm³/mol. The number of nitrogens with zero attached hydrogens (tertiary/aromatic N) is 1. The van der Waals surface area contributed by atoms with Crippen LogP contribution in [0.4, 0.5) is 10.8 Å². The van der Waals surface area contributed by atoms with E-state index in [1.54, 1.807) is 0 Å². The average molecular weight is 257 g/mol. The molecule has 1 rings (SSSR count). The van der Waals surface area contributed by atoms with Crippen molar-refractivity contribution in [3.8, 4) is 0 Å². The largest absolute Gasteiger partial charge is 0.465 e. The maximum Gasteiger partial charge on any atom is 0.344 e. The number of nitrogens with two attached hydrogens (primary N) is 1. The highest BCUT2D eigenvalue weighted by Gasteiger charge is 2.20. The van der Waals surface area contributed by atoms with E-state index in [0.717, 1.165) is 6.54 Å². The van der Waals surface area contributed by atoms with Gasteiger partial charge in [0.15, 0.2) is 5.82 Å². The monoisotopic (exact) mass is 257 g/mol. The Balaban J connectivity index is 2.75. The van der Waals surface area contributed by atoms with E-state index in [1.165, 1.54) is 18.6 Å². The van der Waals surface area contributed by atoms with Gasteiger partial charge in [0.05, 0.1) is 7.11 Å². The molecule has 0 saturated heterocycles. The smallest absolute Gasteiger partial charge is 0.344 e. The third kappa shape index (κ3) is 3.33. The number of carbonyl (C=O) groups excluding carboxylic acids is 1. The molecule has 0 spiro atoms. The predicted octanol–water partition coefficient (Wildman–Crippen LogP) is 2.22. The molecule has 1 aromatic rings. The minimum absolute atomic E-state index is 0.224. The van der Waals surface area contributed by atoms with Crippen LogP contribution in [0, 0.1) is 11.8 Å². The highest BCUT2D eigenvalue weighted by atomic mass is 32.1. The first-order valence-electron chi connectivity index (χ1n) is 5.54. The maximum absolute atomic E-state index is 11.5. The molecule has 0 amide bonds. The summed E-state index contributed by atoms with van der Waals surface area (Å²) in [6.45, 7) is 7.26. The Morgan fingerprint density at radius 2 is 2.18 bits per heavy atom. The molecule has 0 aliphatic rings. The third-order valence-corrected chi connectivity index (χ3v) is 3.65. The number of aromatic nitrogens is 1. The molecule has 3 N–H and O–H groups in total. The van der Waals surface area contributed by atoms with Gasteiger partial charge < -0.3 is 15.8 Å². The second-order valence-corrected chi connectivity index (χ2v) is 5.14. The van der Waals surface area contributed by atoms with E-state index in [2.05, 4.69) is 35.2 Å². The van der Waals surface area contributed by atoms with Crippen LogP contribution in [0.2, 0.25) is 0 Å². The topological polar surface area (TPSA) is 77.2 Å². The molecule has 0 fully saturated rings. The van der Waals surface area contributed by atoms with Gasteiger partial charge in [-0.05, 0) is 23.4 Å². The van der Waals surface area contributed by atoms with Crippen LogP contribution < -0.4 is 11.1 Å². The van der Waals surface area contributed by atoms with Gasteiger partial charge in [0, 0.05) is 6.54 Å². The highest BCUT2D eigenvalue weighted by molar-refractivity contribution is 7.11. The summed E-state index contributed by atoms with van der Waals surface area (Å²) in [4.78, 5) is 11.5. The second-order valence-electron chi connectivity index (χ2n) is 4.37. The van der Waals surface area contributed by atoms with E-state index in [0.29, 0.717) is 22.4 Å². The van der Waals surface area contributed by atoms with Gasteiger partial charge in [0.25, 0.3) is 0 Å². The lowest BCUT2D eigenvalue weighted by Crippen LogP contribution is -2.17. The molecule has 1 aromatic heterocycles. The Morgan fingerprint density at radius 1 is 1.53 bits per heavy atom. The van der Waals surface area contributed by atoms with Crippen LogP contribution in [-0.2, 0) is 4.74 Å². The Kier molecular flexibility index (Phi) is 4.74. The molecule has 0 aliphatic heterocycles. The summed E-state index contributed by atoms with van der Waals surface area (Å²) < 4.78 is 8.64. The van der Waals surface area contributed by atoms with Crippen molar-refractivity contribution in [3.05, 3.63) is 5.56 Å². The lowest BCUT2D eigenvalue weighted by Gasteiger charge is -2.16. The van der Waals surface area contributed by atoms with Crippen LogP contribution in [0.3, 0.4) is 0 Å². The summed E-state index contributed by atoms with van der Waals surface area (Å²) in [6.07, 6.45) is 0. The number of carbonyl (C=O) groups is 1. The molecule has 1 unspecified atom stereocenters. The van der Waals surface area contributed by atoms with Crippen molar-refractivity contribution < 1.29 is 9.53 Å². The zero-order chi connectivity index (χ0) is 13.0. The summed E-state index contributed by atoms with van der Waals surface area (Å²) in [7, 11) is 1.33. The van der Waals surface area contributed by atoms with Gasteiger partial charge in [-0.1, -0.05) is 20.8 Å². The fraction of sp³-hybridized carbons (Fsp3) is 0.636. The number of rotatable bonds is 5. The number of anilines is 2. The molecule has 17 heavy (non-hydrogen) atoms. The summed E-state index contributed by atoms with van der Waals surface area (Å²) in [5.41, 5.74) is 5.98. The quantitative estimate of drug-likeness (QED) is 0.791. The fourth-order valence-corrected chi connectivity index (χ4v) is 1.92. The molecule has 0 aliphatic carbocycles. The molecule has 1 heterocycles. The molecular formula is C11H19N3O2S. The van der Waals surface area contributed by atoms with Gasteiger partial charge in [0.1, 0.15) is 10.6 Å². The van der Waals surface area contributed by atoms with Crippen molar-refractivity contribution in [2.24, 2.45) is 11.8 Å². The first kappa shape index (κ1) is 13.8. The molecule has 6 heteroatoms. The van der Waals surface area contributed by atoms with Gasteiger partial charge >= 0.3 is 5.97 Å². The Morgan fingerprint density at radius 3 is 2.71 bits per heavy atom. The zero-order valence-electron chi connectivity index (χ0n) is 10.6. The van der Waals surface area contributed by atoms with Crippen molar-refractivity contribution in [1.82, 2.24) is 4.37 Å². The number of nitrogens with one attached hydrogen (secondary N) is 1. The number of nitrogen functional groups attached to an aromatic ring is 1. The minimum atomic E-state index is -0.448. The van der Waals surface area contributed by atoms with Gasteiger partial charge in [-0.15, -0.1) is 0 Å². The van der Waals surface area contributed by atoms with Crippen LogP contribution in [0.25, 0.3) is 0 Å². The molecule has 0 aromatic carbocycles. The van der Waals surface area contributed by atoms with Crippen LogP contribution in [0.1, 0.15) is 31.1 Å². The first-order chi connectivity index (χ1) is 7.97. The van der Waals surface area contributed by atoms with E-state index in [1.807, 2.05) is 0 Å². The second kappa shape index (κ2) is 5.86. The summed E-state index contributed by atoms with van der Waals surface area (Å²) in [5, 5.41) is 3.89. The summed E-state index contributed by atoms with van der Waals surface area (Å²) >= 11 is 1.19. The number of methoxy groups -OCH3 is 1. The van der Waals surface area contributed by atoms with Crippen molar-refractivity contribution in [2.45, 2.75) is 20.8 Å². The Bertz CT molecular complexity index is 390. The number of ether oxygens (including phenoxy) is 1. The van der Waals surface area contributed by atoms with Crippen LogP contribution in [-0.4, -0.2) is 24.0 Å². The van der Waals surface area contributed by atoms with Gasteiger partial charge in [0.2, 0.25) is 0 Å². The highest BCUT2D eigenvalue weighted by Crippen LogP contribution is 2.27. The third-order valence-electron chi connectivity index (χ3n) is 2.83. The minimum Gasteiger partial charge on any atom is -0.465 e. The normalized spacial score (nSPS) is 12.5. The van der Waals surface area contributed by atoms with Crippen LogP contribution in [0.15, 0.2) is 0 Å². The fourth-order valence-electron chi connectivity index (χ4n) is 1.21. The molecule has 0 saturated carbocycles. The molecule has 5 nitrogen and oxygen atoms in total. The van der Waals surface area contributed by atoms with Crippen LogP contribution in [0.5, 0.6) is 0 Å². The molecule has 96 valence electrons. The Labute approximate surface area is 106 Å². The van der Waals surface area contributed by atoms with Crippen LogP contribution >= 0.6 is 11.5 Å². The lowest BCUT2D eigenvalue weighted by atomic mass is 9.98. The van der Waals surface area contributed by atoms with Gasteiger partial charge in [-0.25, -0.2) is 4.79 Å². The number of esters is 1. The lowest BCUT2D eigenvalue weighted by molar-refractivity contribution is 0.0603. The van der Waals surface area contributed by atoms with E-state index in [-0.39, 0.29) is 5.82 Å². The molecule has 0 radical (unpaired) electrons. The zero-order valence-corrected chi connectivity index (χ0v) is 11.4. The average Bonchev–Trinajstić information content (AvgIpc) is 2.66. The maximum atomic E-state index is 11.5. The Hall–Kier alpha value is -1.30.